The van der Waals surface area contributed by atoms with Gasteiger partial charge in [-0.2, -0.15) is 0 Å². The first-order valence-corrected chi connectivity index (χ1v) is 9.51. The molecule has 0 N–H and O–H groups in total. The van der Waals surface area contributed by atoms with Gasteiger partial charge in [0, 0.05) is 17.6 Å². The summed E-state index contributed by atoms with van der Waals surface area (Å²) in [6.45, 7) is 3.44. The lowest BCUT2D eigenvalue weighted by Crippen LogP contribution is -2.42. The Kier molecular flexibility index (Phi) is 3.65. The van der Waals surface area contributed by atoms with Crippen LogP contribution in [0.15, 0.2) is 77.1 Å². The molecule has 0 amide bonds. The molecule has 0 spiro atoms. The third-order valence-electron chi connectivity index (χ3n) is 5.79. The second-order valence-electron chi connectivity index (χ2n) is 7.78. The van der Waals surface area contributed by atoms with E-state index in [0.29, 0.717) is 23.1 Å². The van der Waals surface area contributed by atoms with Crippen LogP contribution in [0.2, 0.25) is 0 Å². The van der Waals surface area contributed by atoms with Crippen molar-refractivity contribution in [3.8, 4) is 0 Å². The van der Waals surface area contributed by atoms with Crippen LogP contribution >= 0.6 is 0 Å². The molecule has 0 radical (unpaired) electrons. The topological polar surface area (TPSA) is 69.7 Å². The number of benzene rings is 2. The van der Waals surface area contributed by atoms with E-state index >= 15 is 0 Å². The second kappa shape index (κ2) is 6.01. The smallest absolute Gasteiger partial charge is 0.343 e. The molecule has 0 unspecified atom stereocenters. The van der Waals surface area contributed by atoms with Gasteiger partial charge in [0.2, 0.25) is 11.6 Å². The standard InChI is InChI=1S/C24H18O5/c1-13-9-17-11-19-20(23(27)29-24(19,2)22(26)18(17)12-28-13)21(25)16-8-7-14-5-3-4-6-15(14)10-16/h3-8,10-13H,9H2,1-2H3/t13-,24-/m0/s1. The van der Waals surface area contributed by atoms with Gasteiger partial charge in [-0.15, -0.1) is 0 Å². The van der Waals surface area contributed by atoms with Gasteiger partial charge < -0.3 is 9.47 Å². The van der Waals surface area contributed by atoms with Crippen molar-refractivity contribution in [2.75, 3.05) is 0 Å². The van der Waals surface area contributed by atoms with E-state index in [1.165, 1.54) is 13.2 Å². The summed E-state index contributed by atoms with van der Waals surface area (Å²) < 4.78 is 10.9. The minimum absolute atomic E-state index is 0.0678. The molecule has 0 saturated carbocycles. The lowest BCUT2D eigenvalue weighted by molar-refractivity contribution is -0.152. The van der Waals surface area contributed by atoms with Crippen LogP contribution in [-0.4, -0.2) is 29.2 Å². The first-order valence-electron chi connectivity index (χ1n) is 9.51. The Morgan fingerprint density at radius 1 is 1.10 bits per heavy atom. The molecular weight excluding hydrogens is 368 g/mol. The molecule has 5 heteroatoms. The predicted molar refractivity (Wildman–Crippen MR) is 106 cm³/mol. The van der Waals surface area contributed by atoms with Crippen LogP contribution in [0.3, 0.4) is 0 Å². The summed E-state index contributed by atoms with van der Waals surface area (Å²) in [6, 6.07) is 13.0. The van der Waals surface area contributed by atoms with Crippen LogP contribution in [0, 0.1) is 0 Å². The number of hydrogen-bond acceptors (Lipinski definition) is 5. The highest BCUT2D eigenvalue weighted by Crippen LogP contribution is 2.45. The lowest BCUT2D eigenvalue weighted by atomic mass is 9.75. The summed E-state index contributed by atoms with van der Waals surface area (Å²) in [5.41, 5.74) is 0.330. The van der Waals surface area contributed by atoms with Crippen molar-refractivity contribution in [2.45, 2.75) is 32.0 Å². The summed E-state index contributed by atoms with van der Waals surface area (Å²) in [7, 11) is 0. The minimum Gasteiger partial charge on any atom is -0.497 e. The van der Waals surface area contributed by atoms with E-state index in [1.807, 2.05) is 37.3 Å². The van der Waals surface area contributed by atoms with Crippen molar-refractivity contribution in [2.24, 2.45) is 0 Å². The highest BCUT2D eigenvalue weighted by molar-refractivity contribution is 6.29. The van der Waals surface area contributed by atoms with Crippen molar-refractivity contribution < 1.29 is 23.9 Å². The Balaban J connectivity index is 1.67. The van der Waals surface area contributed by atoms with Crippen LogP contribution in [-0.2, 0) is 19.1 Å². The largest absolute Gasteiger partial charge is 0.497 e. The maximum atomic E-state index is 13.3. The fourth-order valence-corrected chi connectivity index (χ4v) is 4.20. The number of ether oxygens (including phenoxy) is 2. The molecule has 144 valence electrons. The van der Waals surface area contributed by atoms with E-state index in [1.54, 1.807) is 18.2 Å². The third-order valence-corrected chi connectivity index (χ3v) is 5.79. The van der Waals surface area contributed by atoms with E-state index in [-0.39, 0.29) is 17.5 Å². The van der Waals surface area contributed by atoms with Gasteiger partial charge in [0.25, 0.3) is 0 Å². The number of carbonyl (C=O) groups is 3. The molecule has 0 bridgehead atoms. The number of ketones is 2. The van der Waals surface area contributed by atoms with Crippen molar-refractivity contribution >= 4 is 28.3 Å². The summed E-state index contributed by atoms with van der Waals surface area (Å²) in [5.74, 6) is -1.55. The molecule has 0 fully saturated rings. The summed E-state index contributed by atoms with van der Waals surface area (Å²) >= 11 is 0. The van der Waals surface area contributed by atoms with Crippen molar-refractivity contribution in [3.05, 3.63) is 82.7 Å². The zero-order valence-corrected chi connectivity index (χ0v) is 16.0. The maximum Gasteiger partial charge on any atom is 0.343 e. The van der Waals surface area contributed by atoms with Crippen LogP contribution in [0.5, 0.6) is 0 Å². The number of rotatable bonds is 2. The van der Waals surface area contributed by atoms with Crippen LogP contribution in [0.25, 0.3) is 10.8 Å². The monoisotopic (exact) mass is 386 g/mol. The predicted octanol–water partition coefficient (Wildman–Crippen LogP) is 3.84. The van der Waals surface area contributed by atoms with Gasteiger partial charge in [-0.1, -0.05) is 36.4 Å². The highest BCUT2D eigenvalue weighted by atomic mass is 16.6. The van der Waals surface area contributed by atoms with E-state index in [2.05, 4.69) is 0 Å². The Labute approximate surface area is 167 Å². The molecule has 0 aromatic heterocycles. The molecule has 2 heterocycles. The van der Waals surface area contributed by atoms with Gasteiger partial charge in [0.15, 0.2) is 5.60 Å². The van der Waals surface area contributed by atoms with Crippen molar-refractivity contribution in [3.63, 3.8) is 0 Å². The van der Waals surface area contributed by atoms with E-state index in [0.717, 1.165) is 16.3 Å². The Morgan fingerprint density at radius 3 is 2.66 bits per heavy atom. The molecular formula is C24H18O5. The average molecular weight is 386 g/mol. The maximum absolute atomic E-state index is 13.3. The summed E-state index contributed by atoms with van der Waals surface area (Å²) in [6.07, 6.45) is 3.63. The fourth-order valence-electron chi connectivity index (χ4n) is 4.20. The van der Waals surface area contributed by atoms with Gasteiger partial charge in [0.05, 0.1) is 17.9 Å². The third kappa shape index (κ3) is 2.50. The Bertz CT molecular complexity index is 1210. The zero-order valence-electron chi connectivity index (χ0n) is 16.0. The number of fused-ring (bicyclic) bond motifs is 3. The molecule has 5 rings (SSSR count). The number of carbonyl (C=O) groups excluding carboxylic acids is 3. The van der Waals surface area contributed by atoms with Gasteiger partial charge >= 0.3 is 5.97 Å². The van der Waals surface area contributed by atoms with Crippen molar-refractivity contribution in [1.29, 1.82) is 0 Å². The molecule has 1 aliphatic carbocycles. The molecule has 29 heavy (non-hydrogen) atoms. The van der Waals surface area contributed by atoms with E-state index in [4.69, 9.17) is 9.47 Å². The molecule has 2 aromatic carbocycles. The molecule has 3 aliphatic rings. The molecule has 2 aromatic rings. The molecule has 5 nitrogen and oxygen atoms in total. The lowest BCUT2D eigenvalue weighted by Gasteiger charge is -2.33. The van der Waals surface area contributed by atoms with Crippen molar-refractivity contribution in [1.82, 2.24) is 0 Å². The minimum atomic E-state index is -1.50. The first-order chi connectivity index (χ1) is 13.9. The number of Topliss-reactive ketones (excluding diaryl/α,β-unsaturated/α-hetero) is 2. The zero-order chi connectivity index (χ0) is 20.3. The van der Waals surface area contributed by atoms with E-state index < -0.39 is 17.4 Å². The SMILES string of the molecule is C[C@H]1CC2=CC3=C(C(=O)c4ccc5ccccc5c4)C(=O)O[C@]3(C)C(=O)C2=CO1. The van der Waals surface area contributed by atoms with Crippen LogP contribution < -0.4 is 0 Å². The molecule has 2 atom stereocenters. The van der Waals surface area contributed by atoms with Crippen LogP contribution in [0.4, 0.5) is 0 Å². The molecule has 0 saturated heterocycles. The van der Waals surface area contributed by atoms with Gasteiger partial charge in [-0.25, -0.2) is 4.79 Å². The number of hydrogen-bond donors (Lipinski definition) is 0. The highest BCUT2D eigenvalue weighted by Gasteiger charge is 2.54. The first kappa shape index (κ1) is 17.6. The second-order valence-corrected chi connectivity index (χ2v) is 7.78. The fraction of sp³-hybridized carbons (Fsp3) is 0.208. The average Bonchev–Trinajstić information content (AvgIpc) is 2.97. The van der Waals surface area contributed by atoms with Gasteiger partial charge in [0.1, 0.15) is 5.57 Å². The van der Waals surface area contributed by atoms with Crippen LogP contribution in [0.1, 0.15) is 30.6 Å². The number of esters is 1. The Morgan fingerprint density at radius 2 is 1.86 bits per heavy atom. The van der Waals surface area contributed by atoms with E-state index in [9.17, 15) is 14.4 Å². The normalized spacial score (nSPS) is 25.7. The van der Waals surface area contributed by atoms with Gasteiger partial charge in [-0.05, 0) is 42.3 Å². The summed E-state index contributed by atoms with van der Waals surface area (Å²) in [4.78, 5) is 39.1. The summed E-state index contributed by atoms with van der Waals surface area (Å²) in [5, 5.41) is 1.90. The Hall–Kier alpha value is -3.47. The molecule has 2 aliphatic heterocycles. The quantitative estimate of drug-likeness (QED) is 0.446. The van der Waals surface area contributed by atoms with Gasteiger partial charge in [-0.3, -0.25) is 9.59 Å².